The van der Waals surface area contributed by atoms with E-state index in [-0.39, 0.29) is 18.9 Å². The molecule has 0 unspecified atom stereocenters. The summed E-state index contributed by atoms with van der Waals surface area (Å²) in [6, 6.07) is 15.1. The molecule has 0 aliphatic carbocycles. The first kappa shape index (κ1) is 32.7. The lowest BCUT2D eigenvalue weighted by Gasteiger charge is -2.50. The highest BCUT2D eigenvalue weighted by atomic mass is 16.5. The van der Waals surface area contributed by atoms with Gasteiger partial charge in [0.15, 0.2) is 5.65 Å². The quantitative estimate of drug-likeness (QED) is 0.218. The summed E-state index contributed by atoms with van der Waals surface area (Å²) >= 11 is 0. The number of carboxylic acid groups (broad SMARTS) is 1. The van der Waals surface area contributed by atoms with Gasteiger partial charge in [-0.3, -0.25) is 23.9 Å². The molecule has 7 heterocycles. The van der Waals surface area contributed by atoms with E-state index < -0.39 is 5.54 Å². The van der Waals surface area contributed by atoms with Crippen LogP contribution in [0.25, 0.3) is 16.8 Å². The van der Waals surface area contributed by atoms with E-state index in [1.54, 1.807) is 21.6 Å². The SMILES string of the molecule is Cc1ccccc1-c1cnn(C2(CC#N)CN(c3cccn4nc(Nc5cnn(CC(=O)N6CCN(C7COC7)CC6)c5)nc34)C2)c1.O=CO. The number of carbonyl (C=O) groups excluding carboxylic acids is 1. The van der Waals surface area contributed by atoms with Crippen molar-refractivity contribution in [3.05, 3.63) is 72.9 Å². The summed E-state index contributed by atoms with van der Waals surface area (Å²) in [6.45, 7) is 8.05. The zero-order chi connectivity index (χ0) is 34.7. The normalized spacial score (nSPS) is 17.3. The molecule has 8 rings (SSSR count). The molecule has 16 heteroatoms. The van der Waals surface area contributed by atoms with Crippen molar-refractivity contribution in [1.82, 2.24) is 44.0 Å². The molecular formula is C34H38N12O4. The van der Waals surface area contributed by atoms with E-state index >= 15 is 0 Å². The van der Waals surface area contributed by atoms with Gasteiger partial charge in [-0.2, -0.15) is 20.4 Å². The molecule has 3 aliphatic rings. The summed E-state index contributed by atoms with van der Waals surface area (Å²) < 4.78 is 10.7. The van der Waals surface area contributed by atoms with Gasteiger partial charge in [-0.05, 0) is 30.2 Å². The van der Waals surface area contributed by atoms with Crippen molar-refractivity contribution in [3.8, 4) is 17.2 Å². The number of benzene rings is 1. The number of amides is 1. The largest absolute Gasteiger partial charge is 0.483 e. The Kier molecular flexibility index (Phi) is 9.15. The van der Waals surface area contributed by atoms with Crippen molar-refractivity contribution in [1.29, 1.82) is 5.26 Å². The van der Waals surface area contributed by atoms with Crippen LogP contribution in [0.2, 0.25) is 0 Å². The summed E-state index contributed by atoms with van der Waals surface area (Å²) in [5.41, 5.74) is 5.27. The van der Waals surface area contributed by atoms with Crippen LogP contribution in [0.4, 0.5) is 17.3 Å². The summed E-state index contributed by atoms with van der Waals surface area (Å²) in [5.74, 6) is 0.487. The van der Waals surface area contributed by atoms with Crippen molar-refractivity contribution in [2.75, 3.05) is 62.7 Å². The Balaban J connectivity index is 0.00000126. The second kappa shape index (κ2) is 14.0. The van der Waals surface area contributed by atoms with E-state index in [9.17, 15) is 10.1 Å². The summed E-state index contributed by atoms with van der Waals surface area (Å²) in [4.78, 5) is 32.6. The number of rotatable bonds is 9. The third-order valence-corrected chi connectivity index (χ3v) is 9.58. The van der Waals surface area contributed by atoms with E-state index in [0.717, 1.165) is 56.2 Å². The standard InChI is InChI=1S/C33H36N12O2.CH2O2/c1-24-5-2-3-6-28(24)25-15-36-45(17-25)33(8-9-34)22-42(23-33)29-7-4-10-44-31(29)38-32(39-44)37-26-16-35-43(18-26)19-30(46)41-13-11-40(12-14-41)27-20-47-21-27;2-1-3/h2-7,10,15-18,27H,8,11-14,19-23H2,1H3,(H,37,39);1H,(H,2,3). The highest BCUT2D eigenvalue weighted by Crippen LogP contribution is 2.38. The minimum Gasteiger partial charge on any atom is -0.483 e. The second-order valence-corrected chi connectivity index (χ2v) is 12.8. The number of carbonyl (C=O) groups is 2. The maximum Gasteiger partial charge on any atom is 0.290 e. The number of piperazine rings is 1. The lowest BCUT2D eigenvalue weighted by atomic mass is 9.86. The first-order valence-corrected chi connectivity index (χ1v) is 16.4. The van der Waals surface area contributed by atoms with Crippen molar-refractivity contribution in [2.24, 2.45) is 0 Å². The Morgan fingerprint density at radius 1 is 1.10 bits per heavy atom. The topological polar surface area (TPSA) is 175 Å². The number of hydrogen-bond acceptors (Lipinski definition) is 11. The van der Waals surface area contributed by atoms with Gasteiger partial charge in [0.05, 0.1) is 55.5 Å². The van der Waals surface area contributed by atoms with Crippen LogP contribution in [0, 0.1) is 18.3 Å². The fourth-order valence-corrected chi connectivity index (χ4v) is 6.78. The van der Waals surface area contributed by atoms with E-state index in [2.05, 4.69) is 56.6 Å². The molecule has 3 saturated heterocycles. The molecule has 0 atom stereocenters. The lowest BCUT2D eigenvalue weighted by molar-refractivity contribution is -0.136. The first-order chi connectivity index (χ1) is 24.4. The van der Waals surface area contributed by atoms with Gasteiger partial charge in [-0.1, -0.05) is 24.3 Å². The zero-order valence-corrected chi connectivity index (χ0v) is 27.7. The third-order valence-electron chi connectivity index (χ3n) is 9.58. The smallest absolute Gasteiger partial charge is 0.290 e. The fourth-order valence-electron chi connectivity index (χ4n) is 6.78. The molecule has 50 heavy (non-hydrogen) atoms. The number of hydrogen-bond donors (Lipinski definition) is 2. The van der Waals surface area contributed by atoms with Crippen LogP contribution < -0.4 is 10.2 Å². The van der Waals surface area contributed by atoms with Crippen LogP contribution >= 0.6 is 0 Å². The molecule has 0 bridgehead atoms. The highest BCUT2D eigenvalue weighted by Gasteiger charge is 2.46. The van der Waals surface area contributed by atoms with E-state index in [4.69, 9.17) is 24.7 Å². The monoisotopic (exact) mass is 678 g/mol. The summed E-state index contributed by atoms with van der Waals surface area (Å²) in [5, 5.41) is 33.6. The molecule has 4 aromatic heterocycles. The van der Waals surface area contributed by atoms with Crippen molar-refractivity contribution in [2.45, 2.75) is 31.5 Å². The predicted octanol–water partition coefficient (Wildman–Crippen LogP) is 2.21. The van der Waals surface area contributed by atoms with E-state index in [0.29, 0.717) is 42.8 Å². The Hall–Kier alpha value is -5.79. The second-order valence-electron chi connectivity index (χ2n) is 12.8. The highest BCUT2D eigenvalue weighted by molar-refractivity contribution is 5.76. The van der Waals surface area contributed by atoms with Crippen LogP contribution in [0.1, 0.15) is 12.0 Å². The van der Waals surface area contributed by atoms with Crippen LogP contribution in [0.15, 0.2) is 67.4 Å². The molecule has 0 radical (unpaired) electrons. The van der Waals surface area contributed by atoms with Crippen molar-refractivity contribution < 1.29 is 19.4 Å². The number of nitriles is 1. The van der Waals surface area contributed by atoms with Crippen molar-refractivity contribution >= 4 is 35.3 Å². The summed E-state index contributed by atoms with van der Waals surface area (Å²) in [6.07, 6.45) is 9.62. The number of nitrogens with zero attached hydrogens (tertiary/aromatic N) is 11. The number of aromatic nitrogens is 7. The minimum atomic E-state index is -0.436. The number of anilines is 3. The van der Waals surface area contributed by atoms with Gasteiger partial charge in [0.1, 0.15) is 12.1 Å². The number of pyridine rings is 1. The number of aryl methyl sites for hydroxylation is 1. The molecule has 0 spiro atoms. The van der Waals surface area contributed by atoms with Crippen LogP contribution in [-0.4, -0.2) is 120 Å². The number of fused-ring (bicyclic) bond motifs is 1. The molecule has 16 nitrogen and oxygen atoms in total. The van der Waals surface area contributed by atoms with Crippen LogP contribution in [0.3, 0.4) is 0 Å². The molecule has 258 valence electrons. The zero-order valence-electron chi connectivity index (χ0n) is 27.7. The van der Waals surface area contributed by atoms with Gasteiger partial charge in [-0.15, -0.1) is 5.10 Å². The number of nitrogens with one attached hydrogen (secondary N) is 1. The molecule has 3 fully saturated rings. The molecule has 1 aromatic carbocycles. The Labute approximate surface area is 288 Å². The third kappa shape index (κ3) is 6.48. The average Bonchev–Trinajstić information content (AvgIpc) is 3.83. The molecule has 2 N–H and O–H groups in total. The Bertz CT molecular complexity index is 2010. The summed E-state index contributed by atoms with van der Waals surface area (Å²) in [7, 11) is 0. The molecule has 5 aromatic rings. The maximum atomic E-state index is 13.0. The molecule has 1 amide bonds. The fraction of sp³-hybridized carbons (Fsp3) is 0.382. The van der Waals surface area contributed by atoms with E-state index in [1.165, 1.54) is 5.56 Å². The van der Waals surface area contributed by atoms with Gasteiger partial charge in [-0.25, -0.2) is 4.52 Å². The predicted molar refractivity (Wildman–Crippen MR) is 183 cm³/mol. The lowest BCUT2D eigenvalue weighted by Crippen LogP contribution is -2.63. The minimum absolute atomic E-state index is 0.0585. The Morgan fingerprint density at radius 2 is 1.88 bits per heavy atom. The van der Waals surface area contributed by atoms with Gasteiger partial charge in [0, 0.05) is 63.4 Å². The van der Waals surface area contributed by atoms with Gasteiger partial charge < -0.3 is 25.0 Å². The maximum absolute atomic E-state index is 13.0. The molecular weight excluding hydrogens is 640 g/mol. The number of ether oxygens (including phenoxy) is 1. The van der Waals surface area contributed by atoms with Crippen LogP contribution in [-0.2, 0) is 26.4 Å². The van der Waals surface area contributed by atoms with Gasteiger partial charge in [0.2, 0.25) is 11.9 Å². The van der Waals surface area contributed by atoms with Crippen LogP contribution in [0.5, 0.6) is 0 Å². The first-order valence-electron chi connectivity index (χ1n) is 16.4. The molecule has 0 saturated carbocycles. The average molecular weight is 679 g/mol. The Morgan fingerprint density at radius 3 is 2.60 bits per heavy atom. The molecule has 3 aliphatic heterocycles. The van der Waals surface area contributed by atoms with Gasteiger partial charge >= 0.3 is 0 Å². The van der Waals surface area contributed by atoms with E-state index in [1.807, 2.05) is 46.2 Å². The van der Waals surface area contributed by atoms with Crippen molar-refractivity contribution in [3.63, 3.8) is 0 Å². The van der Waals surface area contributed by atoms with Gasteiger partial charge in [0.25, 0.3) is 6.47 Å².